The highest BCUT2D eigenvalue weighted by atomic mass is 32.1. The summed E-state index contributed by atoms with van der Waals surface area (Å²) in [5.41, 5.74) is 1.14. The van der Waals surface area contributed by atoms with Crippen LogP contribution in [0.15, 0.2) is 0 Å². The van der Waals surface area contributed by atoms with E-state index in [-0.39, 0.29) is 6.10 Å². The SMILES string of the molecule is CC(C)Oc1c(C(=O)O)sc2c1CCCC2. The maximum absolute atomic E-state index is 11.2. The molecule has 0 bridgehead atoms. The van der Waals surface area contributed by atoms with Gasteiger partial charge in [0.25, 0.3) is 0 Å². The highest BCUT2D eigenvalue weighted by Crippen LogP contribution is 2.40. The van der Waals surface area contributed by atoms with Crippen molar-refractivity contribution in [3.05, 3.63) is 15.3 Å². The molecule has 1 aromatic heterocycles. The van der Waals surface area contributed by atoms with Gasteiger partial charge < -0.3 is 9.84 Å². The number of fused-ring (bicyclic) bond motifs is 1. The predicted molar refractivity (Wildman–Crippen MR) is 63.7 cm³/mol. The molecule has 0 saturated carbocycles. The highest BCUT2D eigenvalue weighted by Gasteiger charge is 2.25. The monoisotopic (exact) mass is 240 g/mol. The zero-order valence-electron chi connectivity index (χ0n) is 9.58. The molecule has 0 radical (unpaired) electrons. The summed E-state index contributed by atoms with van der Waals surface area (Å²) in [7, 11) is 0. The van der Waals surface area contributed by atoms with Crippen LogP contribution in [-0.2, 0) is 12.8 Å². The van der Waals surface area contributed by atoms with Crippen molar-refractivity contribution in [2.75, 3.05) is 0 Å². The molecule has 4 heteroatoms. The van der Waals surface area contributed by atoms with E-state index < -0.39 is 5.97 Å². The zero-order valence-corrected chi connectivity index (χ0v) is 10.4. The first-order chi connectivity index (χ1) is 7.59. The van der Waals surface area contributed by atoms with Crippen LogP contribution in [0.5, 0.6) is 5.75 Å². The summed E-state index contributed by atoms with van der Waals surface area (Å²) in [6, 6.07) is 0. The first kappa shape index (κ1) is 11.5. The van der Waals surface area contributed by atoms with Gasteiger partial charge >= 0.3 is 5.97 Å². The van der Waals surface area contributed by atoms with Gasteiger partial charge in [-0.3, -0.25) is 0 Å². The Morgan fingerprint density at radius 2 is 2.06 bits per heavy atom. The van der Waals surface area contributed by atoms with Gasteiger partial charge in [0.05, 0.1) is 6.10 Å². The molecular formula is C12H16O3S. The normalized spacial score (nSPS) is 14.9. The van der Waals surface area contributed by atoms with E-state index in [1.165, 1.54) is 16.2 Å². The first-order valence-electron chi connectivity index (χ1n) is 5.64. The molecule has 1 aliphatic carbocycles. The zero-order chi connectivity index (χ0) is 11.7. The lowest BCUT2D eigenvalue weighted by atomic mass is 9.98. The predicted octanol–water partition coefficient (Wildman–Crippen LogP) is 3.11. The van der Waals surface area contributed by atoms with Crippen molar-refractivity contribution in [2.45, 2.75) is 45.6 Å². The molecule has 0 aliphatic heterocycles. The van der Waals surface area contributed by atoms with Crippen LogP contribution in [0, 0.1) is 0 Å². The summed E-state index contributed by atoms with van der Waals surface area (Å²) in [4.78, 5) is 12.7. The molecule has 0 atom stereocenters. The quantitative estimate of drug-likeness (QED) is 0.883. The number of carboxylic acid groups (broad SMARTS) is 1. The van der Waals surface area contributed by atoms with Gasteiger partial charge in [-0.25, -0.2) is 4.79 Å². The van der Waals surface area contributed by atoms with Crippen LogP contribution in [-0.4, -0.2) is 17.2 Å². The Kier molecular flexibility index (Phi) is 3.19. The van der Waals surface area contributed by atoms with Crippen molar-refractivity contribution < 1.29 is 14.6 Å². The molecule has 16 heavy (non-hydrogen) atoms. The fourth-order valence-electron chi connectivity index (χ4n) is 2.04. The molecule has 0 aromatic carbocycles. The minimum atomic E-state index is -0.866. The Hall–Kier alpha value is -1.03. The molecule has 3 nitrogen and oxygen atoms in total. The summed E-state index contributed by atoms with van der Waals surface area (Å²) >= 11 is 1.39. The van der Waals surface area contributed by atoms with Gasteiger partial charge in [0.15, 0.2) is 4.88 Å². The smallest absolute Gasteiger partial charge is 0.349 e. The largest absolute Gasteiger partial charge is 0.489 e. The van der Waals surface area contributed by atoms with Crippen LogP contribution in [0.25, 0.3) is 0 Å². The first-order valence-corrected chi connectivity index (χ1v) is 6.45. The Labute approximate surface area is 99.1 Å². The number of thiophene rings is 1. The number of hydrogen-bond acceptors (Lipinski definition) is 3. The van der Waals surface area contributed by atoms with Crippen LogP contribution in [0.2, 0.25) is 0 Å². The number of carbonyl (C=O) groups is 1. The molecule has 0 unspecified atom stereocenters. The van der Waals surface area contributed by atoms with Gasteiger partial charge in [-0.15, -0.1) is 11.3 Å². The van der Waals surface area contributed by atoms with Crippen molar-refractivity contribution in [1.29, 1.82) is 0 Å². The van der Waals surface area contributed by atoms with Crippen molar-refractivity contribution in [2.24, 2.45) is 0 Å². The molecule has 0 saturated heterocycles. The van der Waals surface area contributed by atoms with Crippen molar-refractivity contribution in [1.82, 2.24) is 0 Å². The standard InChI is InChI=1S/C12H16O3S/c1-7(2)15-10-8-5-3-4-6-9(8)16-11(10)12(13)14/h7H,3-6H2,1-2H3,(H,13,14). The number of aryl methyl sites for hydroxylation is 1. The number of ether oxygens (including phenoxy) is 1. The maximum atomic E-state index is 11.2. The topological polar surface area (TPSA) is 46.5 Å². The van der Waals surface area contributed by atoms with Crippen LogP contribution in [0.3, 0.4) is 0 Å². The summed E-state index contributed by atoms with van der Waals surface area (Å²) in [5.74, 6) is -0.239. The molecule has 1 heterocycles. The van der Waals surface area contributed by atoms with E-state index in [0.29, 0.717) is 10.6 Å². The maximum Gasteiger partial charge on any atom is 0.349 e. The molecule has 0 spiro atoms. The molecule has 1 N–H and O–H groups in total. The fourth-order valence-corrected chi connectivity index (χ4v) is 3.20. The summed E-state index contributed by atoms with van der Waals surface area (Å²) in [6.07, 6.45) is 4.28. The second kappa shape index (κ2) is 4.45. The van der Waals surface area contributed by atoms with Crippen molar-refractivity contribution in [3.63, 3.8) is 0 Å². The van der Waals surface area contributed by atoms with Gasteiger partial charge in [0.2, 0.25) is 0 Å². The Balaban J connectivity index is 2.44. The number of carboxylic acids is 1. The number of aromatic carboxylic acids is 1. The van der Waals surface area contributed by atoms with Gasteiger partial charge in [0.1, 0.15) is 5.75 Å². The van der Waals surface area contributed by atoms with E-state index in [9.17, 15) is 4.79 Å². The van der Waals surface area contributed by atoms with Crippen molar-refractivity contribution in [3.8, 4) is 5.75 Å². The molecule has 1 aliphatic rings. The Morgan fingerprint density at radius 1 is 1.38 bits per heavy atom. The lowest BCUT2D eigenvalue weighted by Gasteiger charge is -2.15. The lowest BCUT2D eigenvalue weighted by molar-refractivity contribution is 0.0696. The average molecular weight is 240 g/mol. The fraction of sp³-hybridized carbons (Fsp3) is 0.583. The summed E-state index contributed by atoms with van der Waals surface area (Å²) in [6.45, 7) is 3.86. The molecule has 0 amide bonds. The average Bonchev–Trinajstić information content (AvgIpc) is 2.57. The van der Waals surface area contributed by atoms with E-state index in [4.69, 9.17) is 9.84 Å². The van der Waals surface area contributed by atoms with E-state index >= 15 is 0 Å². The molecule has 1 aromatic rings. The lowest BCUT2D eigenvalue weighted by Crippen LogP contribution is -2.10. The molecule has 0 fully saturated rings. The van der Waals surface area contributed by atoms with E-state index in [0.717, 1.165) is 31.2 Å². The van der Waals surface area contributed by atoms with E-state index in [1.807, 2.05) is 13.8 Å². The highest BCUT2D eigenvalue weighted by molar-refractivity contribution is 7.14. The van der Waals surface area contributed by atoms with Gasteiger partial charge in [-0.2, -0.15) is 0 Å². The van der Waals surface area contributed by atoms with Gasteiger partial charge in [-0.1, -0.05) is 0 Å². The second-order valence-corrected chi connectivity index (χ2v) is 5.45. The summed E-state index contributed by atoms with van der Waals surface area (Å²) in [5, 5.41) is 9.16. The Bertz CT molecular complexity index is 407. The van der Waals surface area contributed by atoms with E-state index in [2.05, 4.69) is 0 Å². The Morgan fingerprint density at radius 3 is 2.69 bits per heavy atom. The number of hydrogen-bond donors (Lipinski definition) is 1. The van der Waals surface area contributed by atoms with Crippen LogP contribution in [0.4, 0.5) is 0 Å². The summed E-state index contributed by atoms with van der Waals surface area (Å²) < 4.78 is 5.67. The minimum Gasteiger partial charge on any atom is -0.489 e. The number of rotatable bonds is 3. The molecular weight excluding hydrogens is 224 g/mol. The third kappa shape index (κ3) is 2.07. The van der Waals surface area contributed by atoms with Crippen LogP contribution in [0.1, 0.15) is 46.8 Å². The van der Waals surface area contributed by atoms with Crippen LogP contribution >= 0.6 is 11.3 Å². The van der Waals surface area contributed by atoms with Gasteiger partial charge in [-0.05, 0) is 39.5 Å². The molecule has 2 rings (SSSR count). The third-order valence-electron chi connectivity index (χ3n) is 2.67. The van der Waals surface area contributed by atoms with E-state index in [1.54, 1.807) is 0 Å². The third-order valence-corrected chi connectivity index (χ3v) is 3.93. The van der Waals surface area contributed by atoms with Crippen LogP contribution < -0.4 is 4.74 Å². The molecule has 88 valence electrons. The second-order valence-electron chi connectivity index (χ2n) is 4.34. The minimum absolute atomic E-state index is 0.0266. The van der Waals surface area contributed by atoms with Crippen molar-refractivity contribution >= 4 is 17.3 Å². The van der Waals surface area contributed by atoms with Gasteiger partial charge in [0, 0.05) is 10.4 Å².